The molecule has 164 valence electrons. The summed E-state index contributed by atoms with van der Waals surface area (Å²) in [5, 5.41) is 5.69. The Labute approximate surface area is 184 Å². The summed E-state index contributed by atoms with van der Waals surface area (Å²) in [5.41, 5.74) is 7.20. The Kier molecular flexibility index (Phi) is 7.89. The maximum Gasteiger partial charge on any atom is 0.275 e. The van der Waals surface area contributed by atoms with Gasteiger partial charge in [-0.2, -0.15) is 0 Å². The van der Waals surface area contributed by atoms with Gasteiger partial charge in [0.1, 0.15) is 23.9 Å². The molecule has 0 atom stereocenters. The molecule has 0 aliphatic carbocycles. The van der Waals surface area contributed by atoms with E-state index in [1.54, 1.807) is 25.4 Å². The van der Waals surface area contributed by atoms with E-state index in [0.29, 0.717) is 29.4 Å². The Bertz CT molecular complexity index is 1130. The molecule has 10 heteroatoms. The number of nitrogens with one attached hydrogen (secondary N) is 2. The average molecular weight is 436 g/mol. The van der Waals surface area contributed by atoms with Crippen LogP contribution in [-0.4, -0.2) is 41.2 Å². The molecule has 0 aliphatic heterocycles. The summed E-state index contributed by atoms with van der Waals surface area (Å²) in [6, 6.07) is 7.71. The van der Waals surface area contributed by atoms with Crippen molar-refractivity contribution in [2.45, 2.75) is 6.54 Å². The number of aromatic nitrogens is 3. The highest BCUT2D eigenvalue weighted by molar-refractivity contribution is 6.02. The summed E-state index contributed by atoms with van der Waals surface area (Å²) in [6.45, 7) is 0.595. The van der Waals surface area contributed by atoms with Gasteiger partial charge >= 0.3 is 0 Å². The number of nitrogen functional groups attached to an aromatic ring is 1. The van der Waals surface area contributed by atoms with E-state index >= 15 is 0 Å². The minimum absolute atomic E-state index is 0.0787. The SMILES string of the molecule is COCC#CCOc1cnc(C(=O)Nc2ccc(F)c(CNc3cccnc3N)c2)cn1. The van der Waals surface area contributed by atoms with Crippen LogP contribution in [0.5, 0.6) is 5.88 Å². The molecule has 0 saturated carbocycles. The van der Waals surface area contributed by atoms with Crippen molar-refractivity contribution in [1.29, 1.82) is 0 Å². The second-order valence-corrected chi connectivity index (χ2v) is 6.37. The predicted molar refractivity (Wildman–Crippen MR) is 118 cm³/mol. The molecule has 0 fully saturated rings. The third-order valence-electron chi connectivity index (χ3n) is 4.11. The summed E-state index contributed by atoms with van der Waals surface area (Å²) in [7, 11) is 1.55. The van der Waals surface area contributed by atoms with Gasteiger partial charge in [0.05, 0.1) is 18.1 Å². The summed E-state index contributed by atoms with van der Waals surface area (Å²) in [4.78, 5) is 24.5. The van der Waals surface area contributed by atoms with Crippen LogP contribution >= 0.6 is 0 Å². The van der Waals surface area contributed by atoms with Crippen LogP contribution in [-0.2, 0) is 11.3 Å². The standard InChI is InChI=1S/C22H21FN6O3/c1-31-9-2-3-10-32-20-14-27-19(13-28-20)22(30)29-16-6-7-17(23)15(11-16)12-26-18-5-4-8-25-21(18)24/h4-8,11,13-14,26H,9-10,12H2,1H3,(H2,24,25)(H,29,30). The lowest BCUT2D eigenvalue weighted by Crippen LogP contribution is -2.15. The average Bonchev–Trinajstić information content (AvgIpc) is 2.80. The third-order valence-corrected chi connectivity index (χ3v) is 4.11. The van der Waals surface area contributed by atoms with E-state index in [1.165, 1.54) is 30.6 Å². The highest BCUT2D eigenvalue weighted by Crippen LogP contribution is 2.19. The van der Waals surface area contributed by atoms with Gasteiger partial charge in [0.25, 0.3) is 5.91 Å². The molecular weight excluding hydrogens is 415 g/mol. The lowest BCUT2D eigenvalue weighted by Gasteiger charge is -2.11. The first-order valence-corrected chi connectivity index (χ1v) is 9.50. The van der Waals surface area contributed by atoms with Gasteiger partial charge in [-0.25, -0.2) is 19.3 Å². The van der Waals surface area contributed by atoms with Gasteiger partial charge < -0.3 is 25.8 Å². The Hall–Kier alpha value is -4.23. The molecule has 2 aromatic heterocycles. The predicted octanol–water partition coefficient (Wildman–Crippen LogP) is 2.49. The second-order valence-electron chi connectivity index (χ2n) is 6.37. The molecule has 32 heavy (non-hydrogen) atoms. The van der Waals surface area contributed by atoms with Gasteiger partial charge in [0, 0.05) is 31.1 Å². The van der Waals surface area contributed by atoms with Crippen molar-refractivity contribution in [2.24, 2.45) is 0 Å². The highest BCUT2D eigenvalue weighted by atomic mass is 19.1. The van der Waals surface area contributed by atoms with Gasteiger partial charge in [-0.3, -0.25) is 4.79 Å². The molecule has 0 radical (unpaired) electrons. The van der Waals surface area contributed by atoms with Crippen LogP contribution < -0.4 is 21.1 Å². The minimum Gasteiger partial charge on any atom is -0.463 e. The van der Waals surface area contributed by atoms with Crippen molar-refractivity contribution in [2.75, 3.05) is 36.7 Å². The van der Waals surface area contributed by atoms with E-state index in [2.05, 4.69) is 37.4 Å². The van der Waals surface area contributed by atoms with Crippen molar-refractivity contribution in [1.82, 2.24) is 15.0 Å². The van der Waals surface area contributed by atoms with Crippen LogP contribution in [0.3, 0.4) is 0 Å². The van der Waals surface area contributed by atoms with Gasteiger partial charge in [0.15, 0.2) is 6.61 Å². The number of benzene rings is 1. The van der Waals surface area contributed by atoms with E-state index in [9.17, 15) is 9.18 Å². The van der Waals surface area contributed by atoms with E-state index in [0.717, 1.165) is 0 Å². The first-order chi connectivity index (χ1) is 15.6. The minimum atomic E-state index is -0.494. The number of carbonyl (C=O) groups is 1. The Morgan fingerprint density at radius 2 is 2.00 bits per heavy atom. The van der Waals surface area contributed by atoms with Crippen LogP contribution in [0.2, 0.25) is 0 Å². The van der Waals surface area contributed by atoms with Crippen molar-refractivity contribution in [3.8, 4) is 17.7 Å². The first kappa shape index (κ1) is 22.5. The zero-order chi connectivity index (χ0) is 22.8. The maximum absolute atomic E-state index is 14.2. The van der Waals surface area contributed by atoms with Gasteiger partial charge in [0.2, 0.25) is 5.88 Å². The van der Waals surface area contributed by atoms with Gasteiger partial charge in [-0.05, 0) is 30.3 Å². The normalized spacial score (nSPS) is 10.1. The van der Waals surface area contributed by atoms with Crippen molar-refractivity contribution in [3.05, 3.63) is 66.0 Å². The molecule has 0 unspecified atom stereocenters. The number of methoxy groups -OCH3 is 1. The molecule has 9 nitrogen and oxygen atoms in total. The fraction of sp³-hybridized carbons (Fsp3) is 0.182. The van der Waals surface area contributed by atoms with E-state index in [1.807, 2.05) is 0 Å². The zero-order valence-corrected chi connectivity index (χ0v) is 17.3. The number of hydrogen-bond acceptors (Lipinski definition) is 8. The molecule has 0 saturated heterocycles. The van der Waals surface area contributed by atoms with E-state index in [-0.39, 0.29) is 24.7 Å². The van der Waals surface area contributed by atoms with Crippen molar-refractivity contribution >= 4 is 23.1 Å². The Balaban J connectivity index is 1.59. The molecule has 0 aliphatic rings. The van der Waals surface area contributed by atoms with Crippen LogP contribution in [0.4, 0.5) is 21.6 Å². The van der Waals surface area contributed by atoms with E-state index < -0.39 is 11.7 Å². The molecular formula is C22H21FN6O3. The van der Waals surface area contributed by atoms with Crippen molar-refractivity contribution in [3.63, 3.8) is 0 Å². The molecule has 0 spiro atoms. The Morgan fingerprint density at radius 1 is 1.16 bits per heavy atom. The molecule has 1 aromatic carbocycles. The van der Waals surface area contributed by atoms with Crippen LogP contribution in [0, 0.1) is 17.7 Å². The summed E-state index contributed by atoms with van der Waals surface area (Å²) >= 11 is 0. The van der Waals surface area contributed by atoms with E-state index in [4.69, 9.17) is 15.2 Å². The number of pyridine rings is 1. The number of nitrogens with two attached hydrogens (primary N) is 1. The monoisotopic (exact) mass is 436 g/mol. The first-order valence-electron chi connectivity index (χ1n) is 9.50. The summed E-state index contributed by atoms with van der Waals surface area (Å²) < 4.78 is 24.3. The number of carbonyl (C=O) groups excluding carboxylic acids is 1. The Morgan fingerprint density at radius 3 is 2.75 bits per heavy atom. The van der Waals surface area contributed by atoms with Gasteiger partial charge in [-0.15, -0.1) is 0 Å². The lowest BCUT2D eigenvalue weighted by atomic mass is 10.1. The van der Waals surface area contributed by atoms with Crippen LogP contribution in [0.1, 0.15) is 16.1 Å². The fourth-order valence-electron chi connectivity index (χ4n) is 2.53. The number of hydrogen-bond donors (Lipinski definition) is 3. The summed E-state index contributed by atoms with van der Waals surface area (Å²) in [6.07, 6.45) is 4.17. The maximum atomic E-state index is 14.2. The quantitative estimate of drug-likeness (QED) is 0.460. The number of anilines is 3. The fourth-order valence-corrected chi connectivity index (χ4v) is 2.53. The number of amides is 1. The number of ether oxygens (including phenoxy) is 2. The van der Waals surface area contributed by atoms with Crippen LogP contribution in [0.15, 0.2) is 48.9 Å². The topological polar surface area (TPSA) is 124 Å². The number of halogens is 1. The second kappa shape index (κ2) is 11.2. The molecule has 2 heterocycles. The highest BCUT2D eigenvalue weighted by Gasteiger charge is 2.11. The largest absolute Gasteiger partial charge is 0.463 e. The van der Waals surface area contributed by atoms with Crippen molar-refractivity contribution < 1.29 is 18.7 Å². The molecule has 3 rings (SSSR count). The molecule has 3 aromatic rings. The van der Waals surface area contributed by atoms with Gasteiger partial charge in [-0.1, -0.05) is 11.8 Å². The zero-order valence-electron chi connectivity index (χ0n) is 17.3. The third kappa shape index (κ3) is 6.38. The number of rotatable bonds is 8. The molecule has 1 amide bonds. The smallest absolute Gasteiger partial charge is 0.275 e. The molecule has 0 bridgehead atoms. The summed E-state index contributed by atoms with van der Waals surface area (Å²) in [5.74, 6) is 5.12. The number of nitrogens with zero attached hydrogens (tertiary/aromatic N) is 3. The lowest BCUT2D eigenvalue weighted by molar-refractivity contribution is 0.102. The molecule has 4 N–H and O–H groups in total. The van der Waals surface area contributed by atoms with Crippen LogP contribution in [0.25, 0.3) is 0 Å².